The number of hydrogen-bond donors (Lipinski definition) is 2. The fourth-order valence-electron chi connectivity index (χ4n) is 3.50. The van der Waals surface area contributed by atoms with Crippen molar-refractivity contribution in [1.29, 1.82) is 0 Å². The lowest BCUT2D eigenvalue weighted by molar-refractivity contribution is 0.0783. The molecule has 3 heterocycles. The molecule has 3 aromatic rings. The molecule has 0 bridgehead atoms. The molecule has 29 heavy (non-hydrogen) atoms. The van der Waals surface area contributed by atoms with Crippen molar-refractivity contribution in [3.63, 3.8) is 0 Å². The van der Waals surface area contributed by atoms with Gasteiger partial charge < -0.3 is 16.0 Å². The first-order chi connectivity index (χ1) is 13.8. The predicted molar refractivity (Wildman–Crippen MR) is 109 cm³/mol. The molecular formula is C20H20FN5O2S. The van der Waals surface area contributed by atoms with E-state index in [4.69, 9.17) is 5.73 Å². The van der Waals surface area contributed by atoms with Crippen LogP contribution >= 0.6 is 11.3 Å². The summed E-state index contributed by atoms with van der Waals surface area (Å²) in [5.41, 5.74) is 8.77. The number of fused-ring (bicyclic) bond motifs is 1. The third-order valence-corrected chi connectivity index (χ3v) is 6.33. The summed E-state index contributed by atoms with van der Waals surface area (Å²) in [5.74, 6) is -0.836. The number of hydrogen-bond acceptors (Lipinski definition) is 6. The van der Waals surface area contributed by atoms with Gasteiger partial charge in [0.25, 0.3) is 11.8 Å². The van der Waals surface area contributed by atoms with E-state index in [0.717, 1.165) is 16.6 Å². The Morgan fingerprint density at radius 1 is 1.24 bits per heavy atom. The van der Waals surface area contributed by atoms with Crippen molar-refractivity contribution in [1.82, 2.24) is 20.4 Å². The monoisotopic (exact) mass is 413 g/mol. The Hall–Kier alpha value is -3.07. The van der Waals surface area contributed by atoms with Crippen LogP contribution in [0.15, 0.2) is 24.3 Å². The van der Waals surface area contributed by atoms with Crippen LogP contribution in [-0.2, 0) is 0 Å². The summed E-state index contributed by atoms with van der Waals surface area (Å²) in [5, 5.41) is 12.0. The van der Waals surface area contributed by atoms with Crippen molar-refractivity contribution in [2.45, 2.75) is 26.3 Å². The van der Waals surface area contributed by atoms with Gasteiger partial charge in [-0.3, -0.25) is 9.59 Å². The lowest BCUT2D eigenvalue weighted by Crippen LogP contribution is -2.38. The van der Waals surface area contributed by atoms with E-state index in [9.17, 15) is 14.0 Å². The Kier molecular flexibility index (Phi) is 4.91. The zero-order chi connectivity index (χ0) is 20.7. The number of likely N-dealkylation sites (tertiary alicyclic amines) is 1. The fourth-order valence-corrected chi connectivity index (χ4v) is 4.50. The number of carbonyl (C=O) groups is 2. The highest BCUT2D eigenvalue weighted by Crippen LogP contribution is 2.34. The van der Waals surface area contributed by atoms with Crippen LogP contribution < -0.4 is 11.1 Å². The highest BCUT2D eigenvalue weighted by atomic mass is 32.1. The molecule has 2 amide bonds. The standard InChI is InChI=1S/C20H20FN5O2S/c1-10-11(2)24-25-19-15(10)16(22)17(29-19)18(27)23-14-7-8-26(9-14)20(28)12-3-5-13(21)6-4-12/h3-6,14H,7-9,22H2,1-2H3,(H,23,27). The van der Waals surface area contributed by atoms with E-state index in [1.165, 1.54) is 35.6 Å². The van der Waals surface area contributed by atoms with Crippen molar-refractivity contribution in [2.24, 2.45) is 0 Å². The molecule has 0 spiro atoms. The van der Waals surface area contributed by atoms with Gasteiger partial charge in [-0.05, 0) is 50.1 Å². The Labute approximate surface area is 170 Å². The van der Waals surface area contributed by atoms with Gasteiger partial charge in [-0.2, -0.15) is 5.10 Å². The summed E-state index contributed by atoms with van der Waals surface area (Å²) in [6.45, 7) is 4.68. The van der Waals surface area contributed by atoms with E-state index >= 15 is 0 Å². The van der Waals surface area contributed by atoms with Crippen molar-refractivity contribution in [3.8, 4) is 0 Å². The minimum absolute atomic E-state index is 0.176. The lowest BCUT2D eigenvalue weighted by Gasteiger charge is -2.17. The molecule has 1 aromatic carbocycles. The molecule has 0 radical (unpaired) electrons. The highest BCUT2D eigenvalue weighted by Gasteiger charge is 2.29. The van der Waals surface area contributed by atoms with Gasteiger partial charge in [-0.25, -0.2) is 4.39 Å². The lowest BCUT2D eigenvalue weighted by atomic mass is 10.1. The molecule has 1 saturated heterocycles. The second-order valence-electron chi connectivity index (χ2n) is 7.15. The number of rotatable bonds is 3. The average molecular weight is 413 g/mol. The molecule has 150 valence electrons. The number of nitrogens with zero attached hydrogens (tertiary/aromatic N) is 3. The molecule has 3 N–H and O–H groups in total. The molecule has 2 aromatic heterocycles. The van der Waals surface area contributed by atoms with E-state index in [1.54, 1.807) is 4.90 Å². The molecule has 1 atom stereocenters. The number of benzene rings is 1. The Morgan fingerprint density at radius 3 is 2.69 bits per heavy atom. The summed E-state index contributed by atoms with van der Waals surface area (Å²) < 4.78 is 13.1. The largest absolute Gasteiger partial charge is 0.397 e. The Bertz CT molecular complexity index is 1110. The summed E-state index contributed by atoms with van der Waals surface area (Å²) >= 11 is 1.22. The summed E-state index contributed by atoms with van der Waals surface area (Å²) in [6, 6.07) is 5.28. The first-order valence-electron chi connectivity index (χ1n) is 9.22. The summed E-state index contributed by atoms with van der Waals surface area (Å²) in [7, 11) is 0. The molecule has 0 saturated carbocycles. The molecule has 1 aliphatic rings. The fraction of sp³-hybridized carbons (Fsp3) is 0.300. The maximum Gasteiger partial charge on any atom is 0.263 e. The number of nitrogens with one attached hydrogen (secondary N) is 1. The van der Waals surface area contributed by atoms with Gasteiger partial charge in [0, 0.05) is 30.1 Å². The smallest absolute Gasteiger partial charge is 0.263 e. The van der Waals surface area contributed by atoms with Crippen molar-refractivity contribution in [3.05, 3.63) is 51.8 Å². The van der Waals surface area contributed by atoms with Crippen LogP contribution in [0.2, 0.25) is 0 Å². The number of amides is 2. The first kappa shape index (κ1) is 19.3. The van der Waals surface area contributed by atoms with Crippen LogP contribution in [0, 0.1) is 19.7 Å². The third kappa shape index (κ3) is 3.53. The molecule has 1 fully saturated rings. The number of aromatic nitrogens is 2. The molecular weight excluding hydrogens is 393 g/mol. The van der Waals surface area contributed by atoms with Gasteiger partial charge >= 0.3 is 0 Å². The van der Waals surface area contributed by atoms with Gasteiger partial charge in [0.05, 0.1) is 11.4 Å². The van der Waals surface area contributed by atoms with E-state index in [-0.39, 0.29) is 23.7 Å². The predicted octanol–water partition coefficient (Wildman–Crippen LogP) is 2.67. The zero-order valence-electron chi connectivity index (χ0n) is 16.0. The van der Waals surface area contributed by atoms with Crippen LogP contribution in [0.1, 0.15) is 37.7 Å². The molecule has 1 aliphatic heterocycles. The van der Waals surface area contributed by atoms with Gasteiger partial charge in [-0.15, -0.1) is 16.4 Å². The second kappa shape index (κ2) is 7.40. The van der Waals surface area contributed by atoms with E-state index in [2.05, 4.69) is 15.5 Å². The van der Waals surface area contributed by atoms with Crippen molar-refractivity contribution in [2.75, 3.05) is 18.8 Å². The van der Waals surface area contributed by atoms with Crippen molar-refractivity contribution >= 4 is 39.1 Å². The van der Waals surface area contributed by atoms with E-state index in [1.807, 2.05) is 13.8 Å². The van der Waals surface area contributed by atoms with E-state index < -0.39 is 0 Å². The number of anilines is 1. The first-order valence-corrected chi connectivity index (χ1v) is 10.0. The second-order valence-corrected chi connectivity index (χ2v) is 8.15. The number of halogens is 1. The van der Waals surface area contributed by atoms with Gasteiger partial charge in [0.15, 0.2) is 0 Å². The highest BCUT2D eigenvalue weighted by molar-refractivity contribution is 7.21. The molecule has 1 unspecified atom stereocenters. The topological polar surface area (TPSA) is 101 Å². The molecule has 9 heteroatoms. The van der Waals surface area contributed by atoms with Crippen molar-refractivity contribution < 1.29 is 14.0 Å². The molecule has 4 rings (SSSR count). The summed E-state index contributed by atoms with van der Waals surface area (Å²) in [6.07, 6.45) is 0.640. The van der Waals surface area contributed by atoms with Gasteiger partial charge in [-0.1, -0.05) is 0 Å². The molecule has 0 aliphatic carbocycles. The number of nitrogens with two attached hydrogens (primary N) is 1. The number of aryl methyl sites for hydroxylation is 2. The van der Waals surface area contributed by atoms with Gasteiger partial charge in [0.2, 0.25) is 0 Å². The third-order valence-electron chi connectivity index (χ3n) is 5.24. The van der Waals surface area contributed by atoms with Crippen LogP contribution in [0.4, 0.5) is 10.1 Å². The van der Waals surface area contributed by atoms with Crippen LogP contribution in [0.25, 0.3) is 10.2 Å². The minimum atomic E-state index is -0.385. The maximum atomic E-state index is 13.1. The van der Waals surface area contributed by atoms with Crippen LogP contribution in [0.3, 0.4) is 0 Å². The number of carbonyl (C=O) groups excluding carboxylic acids is 2. The van der Waals surface area contributed by atoms with Crippen LogP contribution in [-0.4, -0.2) is 46.0 Å². The van der Waals surface area contributed by atoms with Gasteiger partial charge in [0.1, 0.15) is 15.5 Å². The Morgan fingerprint density at radius 2 is 1.97 bits per heavy atom. The SMILES string of the molecule is Cc1nnc2sc(C(=O)NC3CCN(C(=O)c4ccc(F)cc4)C3)c(N)c2c1C. The molecule has 7 nitrogen and oxygen atoms in total. The quantitative estimate of drug-likeness (QED) is 0.687. The zero-order valence-corrected chi connectivity index (χ0v) is 16.8. The number of thiophene rings is 1. The Balaban J connectivity index is 1.46. The maximum absolute atomic E-state index is 13.1. The summed E-state index contributed by atoms with van der Waals surface area (Å²) in [4.78, 5) is 28.1. The van der Waals surface area contributed by atoms with E-state index in [0.29, 0.717) is 40.5 Å². The van der Waals surface area contributed by atoms with Crippen LogP contribution in [0.5, 0.6) is 0 Å². The minimum Gasteiger partial charge on any atom is -0.397 e. The average Bonchev–Trinajstić information content (AvgIpc) is 3.29. The number of nitrogen functional groups attached to an aromatic ring is 1. The normalized spacial score (nSPS) is 16.4.